The number of amides is 1. The van der Waals surface area contributed by atoms with Crippen LogP contribution in [0.3, 0.4) is 0 Å². The Hall–Kier alpha value is -3.00. The Morgan fingerprint density at radius 3 is 2.88 bits per heavy atom. The lowest BCUT2D eigenvalue weighted by Crippen LogP contribution is -2.30. The molecular weight excluding hydrogens is 308 g/mol. The van der Waals surface area contributed by atoms with E-state index in [1.54, 1.807) is 12.5 Å². The molecule has 3 aromatic rings. The first-order valence-electron chi connectivity index (χ1n) is 7.47. The van der Waals surface area contributed by atoms with Crippen molar-refractivity contribution in [2.45, 2.75) is 13.5 Å². The summed E-state index contributed by atoms with van der Waals surface area (Å²) in [6.07, 6.45) is 5.22. The highest BCUT2D eigenvalue weighted by Gasteiger charge is 2.13. The SMILES string of the molecule is Cc1nonc1CN(C)CC(=O)Nc1ccccc1-n1ccnc1. The second kappa shape index (κ2) is 7.05. The maximum Gasteiger partial charge on any atom is 0.238 e. The molecule has 0 spiro atoms. The smallest absolute Gasteiger partial charge is 0.238 e. The molecule has 0 aliphatic heterocycles. The molecule has 0 unspecified atom stereocenters. The maximum atomic E-state index is 12.3. The van der Waals surface area contributed by atoms with Crippen molar-refractivity contribution in [1.82, 2.24) is 24.8 Å². The molecule has 0 saturated carbocycles. The van der Waals surface area contributed by atoms with Crippen LogP contribution < -0.4 is 5.32 Å². The first-order chi connectivity index (χ1) is 11.6. The lowest BCUT2D eigenvalue weighted by Gasteiger charge is -2.16. The predicted molar refractivity (Wildman–Crippen MR) is 87.6 cm³/mol. The van der Waals surface area contributed by atoms with E-state index < -0.39 is 0 Å². The van der Waals surface area contributed by atoms with Crippen LogP contribution in [0.25, 0.3) is 5.69 Å². The first kappa shape index (κ1) is 15.9. The molecule has 3 rings (SSSR count). The van der Waals surface area contributed by atoms with Crippen LogP contribution in [0.4, 0.5) is 5.69 Å². The van der Waals surface area contributed by atoms with Gasteiger partial charge in [0.25, 0.3) is 0 Å². The average Bonchev–Trinajstić information content (AvgIpc) is 3.20. The van der Waals surface area contributed by atoms with Gasteiger partial charge in [-0.3, -0.25) is 9.69 Å². The lowest BCUT2D eigenvalue weighted by atomic mass is 10.2. The molecule has 8 heteroatoms. The predicted octanol–water partition coefficient (Wildman–Crippen LogP) is 1.63. The molecule has 0 radical (unpaired) electrons. The summed E-state index contributed by atoms with van der Waals surface area (Å²) in [6, 6.07) is 7.58. The summed E-state index contributed by atoms with van der Waals surface area (Å²) in [5, 5.41) is 10.5. The number of likely N-dealkylation sites (N-methyl/N-ethyl adjacent to an activating group) is 1. The third-order valence-corrected chi connectivity index (χ3v) is 3.54. The van der Waals surface area contributed by atoms with Crippen molar-refractivity contribution in [3.63, 3.8) is 0 Å². The summed E-state index contributed by atoms with van der Waals surface area (Å²) in [6.45, 7) is 2.54. The van der Waals surface area contributed by atoms with Gasteiger partial charge in [0, 0.05) is 18.9 Å². The van der Waals surface area contributed by atoms with Gasteiger partial charge >= 0.3 is 0 Å². The van der Waals surface area contributed by atoms with Crippen LogP contribution in [0.1, 0.15) is 11.4 Å². The van der Waals surface area contributed by atoms with E-state index in [0.717, 1.165) is 22.8 Å². The molecule has 0 fully saturated rings. The van der Waals surface area contributed by atoms with Gasteiger partial charge in [0.05, 0.1) is 24.2 Å². The van der Waals surface area contributed by atoms with E-state index in [2.05, 4.69) is 25.2 Å². The Morgan fingerprint density at radius 1 is 1.33 bits per heavy atom. The summed E-state index contributed by atoms with van der Waals surface area (Å²) in [4.78, 5) is 18.2. The number of para-hydroxylation sites is 2. The van der Waals surface area contributed by atoms with Gasteiger partial charge in [-0.1, -0.05) is 22.4 Å². The third kappa shape index (κ3) is 3.66. The van der Waals surface area contributed by atoms with Gasteiger partial charge in [0.15, 0.2) is 0 Å². The molecule has 2 aromatic heterocycles. The minimum absolute atomic E-state index is 0.112. The van der Waals surface area contributed by atoms with Crippen molar-refractivity contribution in [3.05, 3.63) is 54.4 Å². The summed E-state index contributed by atoms with van der Waals surface area (Å²) in [5.74, 6) is -0.112. The van der Waals surface area contributed by atoms with Crippen molar-refractivity contribution < 1.29 is 9.42 Å². The van der Waals surface area contributed by atoms with Crippen molar-refractivity contribution in [2.75, 3.05) is 18.9 Å². The summed E-state index contributed by atoms with van der Waals surface area (Å²) >= 11 is 0. The van der Waals surface area contributed by atoms with Crippen LogP contribution in [0.2, 0.25) is 0 Å². The molecule has 1 N–H and O–H groups in total. The van der Waals surface area contributed by atoms with Crippen molar-refractivity contribution >= 4 is 11.6 Å². The van der Waals surface area contributed by atoms with Crippen molar-refractivity contribution in [1.29, 1.82) is 0 Å². The molecule has 0 saturated heterocycles. The number of imidazole rings is 1. The molecule has 0 aliphatic carbocycles. The van der Waals surface area contributed by atoms with E-state index in [9.17, 15) is 4.79 Å². The monoisotopic (exact) mass is 326 g/mol. The minimum atomic E-state index is -0.112. The fourth-order valence-electron chi connectivity index (χ4n) is 2.35. The van der Waals surface area contributed by atoms with E-state index in [1.807, 2.05) is 53.9 Å². The van der Waals surface area contributed by atoms with Crippen LogP contribution in [-0.4, -0.2) is 44.3 Å². The quantitative estimate of drug-likeness (QED) is 0.740. The number of aromatic nitrogens is 4. The van der Waals surface area contributed by atoms with E-state index >= 15 is 0 Å². The molecule has 0 aliphatic rings. The third-order valence-electron chi connectivity index (χ3n) is 3.54. The molecule has 2 heterocycles. The number of carbonyl (C=O) groups excluding carboxylic acids is 1. The molecule has 24 heavy (non-hydrogen) atoms. The normalized spacial score (nSPS) is 11.0. The Kier molecular flexibility index (Phi) is 4.66. The molecule has 124 valence electrons. The number of aryl methyl sites for hydroxylation is 1. The van der Waals surface area contributed by atoms with Crippen molar-refractivity contribution in [2.24, 2.45) is 0 Å². The van der Waals surface area contributed by atoms with Gasteiger partial charge in [0.1, 0.15) is 11.4 Å². The fourth-order valence-corrected chi connectivity index (χ4v) is 2.35. The fraction of sp³-hybridized carbons (Fsp3) is 0.250. The van der Waals surface area contributed by atoms with Gasteiger partial charge < -0.3 is 9.88 Å². The van der Waals surface area contributed by atoms with Crippen LogP contribution in [-0.2, 0) is 11.3 Å². The zero-order valence-electron chi connectivity index (χ0n) is 13.5. The summed E-state index contributed by atoms with van der Waals surface area (Å²) in [7, 11) is 1.84. The Balaban J connectivity index is 1.64. The molecule has 0 atom stereocenters. The summed E-state index contributed by atoms with van der Waals surface area (Å²) < 4.78 is 6.52. The van der Waals surface area contributed by atoms with Gasteiger partial charge in [-0.2, -0.15) is 0 Å². The van der Waals surface area contributed by atoms with Crippen LogP contribution in [0.5, 0.6) is 0 Å². The van der Waals surface area contributed by atoms with Gasteiger partial charge in [-0.25, -0.2) is 9.61 Å². The van der Waals surface area contributed by atoms with Gasteiger partial charge in [-0.05, 0) is 26.1 Å². The molecule has 8 nitrogen and oxygen atoms in total. The minimum Gasteiger partial charge on any atom is -0.323 e. The number of hydrogen-bond donors (Lipinski definition) is 1. The number of hydrogen-bond acceptors (Lipinski definition) is 6. The molecule has 1 aromatic carbocycles. The highest BCUT2D eigenvalue weighted by Crippen LogP contribution is 2.19. The molecule has 1 amide bonds. The molecule has 0 bridgehead atoms. The first-order valence-corrected chi connectivity index (χ1v) is 7.47. The lowest BCUT2D eigenvalue weighted by molar-refractivity contribution is -0.117. The van der Waals surface area contributed by atoms with Crippen LogP contribution in [0, 0.1) is 6.92 Å². The molecular formula is C16H18N6O2. The number of carbonyl (C=O) groups is 1. The topological polar surface area (TPSA) is 89.1 Å². The largest absolute Gasteiger partial charge is 0.323 e. The van der Waals surface area contributed by atoms with Crippen LogP contribution in [0.15, 0.2) is 47.6 Å². The Labute approximate surface area is 139 Å². The maximum absolute atomic E-state index is 12.3. The number of rotatable bonds is 6. The second-order valence-electron chi connectivity index (χ2n) is 5.50. The van der Waals surface area contributed by atoms with E-state index in [4.69, 9.17) is 0 Å². The van der Waals surface area contributed by atoms with Gasteiger partial charge in [-0.15, -0.1) is 0 Å². The number of nitrogens with one attached hydrogen (secondary N) is 1. The van der Waals surface area contributed by atoms with E-state index in [-0.39, 0.29) is 12.5 Å². The van der Waals surface area contributed by atoms with Crippen LogP contribution >= 0.6 is 0 Å². The van der Waals surface area contributed by atoms with E-state index in [1.165, 1.54) is 0 Å². The Morgan fingerprint density at radius 2 is 2.17 bits per heavy atom. The van der Waals surface area contributed by atoms with Crippen molar-refractivity contribution in [3.8, 4) is 5.69 Å². The zero-order chi connectivity index (χ0) is 16.9. The number of benzene rings is 1. The highest BCUT2D eigenvalue weighted by molar-refractivity contribution is 5.94. The zero-order valence-corrected chi connectivity index (χ0v) is 13.5. The number of anilines is 1. The number of nitrogens with zero attached hydrogens (tertiary/aromatic N) is 5. The second-order valence-corrected chi connectivity index (χ2v) is 5.50. The standard InChI is InChI=1S/C16H18N6O2/c1-12-14(20-24-19-12)9-21(2)10-16(23)18-13-5-3-4-6-15(13)22-8-7-17-11-22/h3-8,11H,9-10H2,1-2H3,(H,18,23). The average molecular weight is 326 g/mol. The Bertz CT molecular complexity index is 812. The van der Waals surface area contributed by atoms with E-state index in [0.29, 0.717) is 6.54 Å². The summed E-state index contributed by atoms with van der Waals surface area (Å²) in [5.41, 5.74) is 3.05. The highest BCUT2D eigenvalue weighted by atomic mass is 16.6. The van der Waals surface area contributed by atoms with Gasteiger partial charge in [0.2, 0.25) is 5.91 Å².